The molecule has 0 rings (SSSR count). The summed E-state index contributed by atoms with van der Waals surface area (Å²) in [4.78, 5) is 31.6. The zero-order chi connectivity index (χ0) is 10.3. The van der Waals surface area contributed by atoms with Gasteiger partial charge in [0.05, 0.1) is 13.0 Å². The van der Waals surface area contributed by atoms with Gasteiger partial charge >= 0.3 is 5.97 Å². The average molecular weight is 187 g/mol. The molecule has 0 aliphatic carbocycles. The molecule has 0 amide bonds. The van der Waals surface area contributed by atoms with Crippen LogP contribution in [0.1, 0.15) is 25.7 Å². The lowest BCUT2D eigenvalue weighted by Gasteiger charge is -1.96. The summed E-state index contributed by atoms with van der Waals surface area (Å²) >= 11 is 0. The Morgan fingerprint density at radius 3 is 1.85 bits per heavy atom. The number of hydrogen-bond acceptors (Lipinski definition) is 4. The van der Waals surface area contributed by atoms with Crippen LogP contribution in [0.15, 0.2) is 0 Å². The summed E-state index contributed by atoms with van der Waals surface area (Å²) in [5, 5.41) is 8.25. The van der Waals surface area contributed by atoms with Gasteiger partial charge < -0.3 is 10.8 Å². The van der Waals surface area contributed by atoms with Crippen molar-refractivity contribution in [1.29, 1.82) is 0 Å². The van der Waals surface area contributed by atoms with Crippen LogP contribution >= 0.6 is 0 Å². The van der Waals surface area contributed by atoms with E-state index in [0.717, 1.165) is 0 Å². The molecule has 0 aromatic heterocycles. The Morgan fingerprint density at radius 1 is 0.923 bits per heavy atom. The molecular weight excluding hydrogens is 174 g/mol. The Labute approximate surface area is 75.9 Å². The van der Waals surface area contributed by atoms with Gasteiger partial charge in [0, 0.05) is 19.3 Å². The first-order valence-corrected chi connectivity index (χ1v) is 4.01. The van der Waals surface area contributed by atoms with Crippen molar-refractivity contribution >= 4 is 17.5 Å². The lowest BCUT2D eigenvalue weighted by Crippen LogP contribution is -2.14. The van der Waals surface area contributed by atoms with Crippen molar-refractivity contribution in [3.63, 3.8) is 0 Å². The van der Waals surface area contributed by atoms with E-state index in [2.05, 4.69) is 0 Å². The number of carbonyl (C=O) groups is 3. The number of nitrogens with two attached hydrogens (primary N) is 1. The molecule has 0 saturated heterocycles. The number of carboxylic acids is 1. The maximum atomic E-state index is 10.9. The maximum absolute atomic E-state index is 10.9. The Morgan fingerprint density at radius 2 is 1.38 bits per heavy atom. The average Bonchev–Trinajstić information content (AvgIpc) is 2.10. The molecule has 0 aromatic rings. The van der Waals surface area contributed by atoms with Crippen molar-refractivity contribution in [2.45, 2.75) is 25.7 Å². The molecule has 13 heavy (non-hydrogen) atoms. The molecule has 74 valence electrons. The van der Waals surface area contributed by atoms with E-state index in [1.807, 2.05) is 0 Å². The Hall–Kier alpha value is -1.23. The highest BCUT2D eigenvalue weighted by Gasteiger charge is 2.07. The zero-order valence-corrected chi connectivity index (χ0v) is 7.28. The summed E-state index contributed by atoms with van der Waals surface area (Å²) in [6.45, 7) is -0.0633. The van der Waals surface area contributed by atoms with Gasteiger partial charge in [-0.25, -0.2) is 0 Å². The molecule has 5 nitrogen and oxygen atoms in total. The third kappa shape index (κ3) is 7.14. The van der Waals surface area contributed by atoms with Crippen LogP contribution in [0, 0.1) is 0 Å². The fourth-order valence-electron chi connectivity index (χ4n) is 0.752. The number of ketones is 2. The van der Waals surface area contributed by atoms with Gasteiger partial charge in [-0.05, 0) is 0 Å². The highest BCUT2D eigenvalue weighted by molar-refractivity contribution is 5.88. The quantitative estimate of drug-likeness (QED) is 0.571. The maximum Gasteiger partial charge on any atom is 0.303 e. The SMILES string of the molecule is NCC(=O)CCC(=O)CCC(=O)O. The van der Waals surface area contributed by atoms with Gasteiger partial charge in [0.1, 0.15) is 11.6 Å². The van der Waals surface area contributed by atoms with Gasteiger partial charge in [-0.15, -0.1) is 0 Å². The largest absolute Gasteiger partial charge is 0.481 e. The predicted octanol–water partition coefficient (Wildman–Crippen LogP) is -0.272. The van der Waals surface area contributed by atoms with E-state index >= 15 is 0 Å². The third-order valence-corrected chi connectivity index (χ3v) is 1.53. The minimum atomic E-state index is -1.00. The number of hydrogen-bond donors (Lipinski definition) is 2. The van der Waals surface area contributed by atoms with Crippen LogP contribution in [0.5, 0.6) is 0 Å². The van der Waals surface area contributed by atoms with Crippen molar-refractivity contribution < 1.29 is 19.5 Å². The van der Waals surface area contributed by atoms with E-state index in [9.17, 15) is 14.4 Å². The second-order valence-corrected chi connectivity index (χ2v) is 2.68. The summed E-state index contributed by atoms with van der Waals surface area (Å²) in [6, 6.07) is 0. The second kappa shape index (κ2) is 6.30. The smallest absolute Gasteiger partial charge is 0.303 e. The van der Waals surface area contributed by atoms with E-state index in [-0.39, 0.29) is 43.8 Å². The standard InChI is InChI=1S/C8H13NO4/c9-5-7(11)2-1-6(10)3-4-8(12)13/h1-5,9H2,(H,12,13). The molecule has 0 aliphatic rings. The molecular formula is C8H13NO4. The summed E-state index contributed by atoms with van der Waals surface area (Å²) in [5.74, 6) is -1.38. The fraction of sp³-hybridized carbons (Fsp3) is 0.625. The minimum absolute atomic E-state index is 0.00676. The highest BCUT2D eigenvalue weighted by atomic mass is 16.4. The first kappa shape index (κ1) is 11.8. The molecule has 0 heterocycles. The van der Waals surface area contributed by atoms with Crippen molar-refractivity contribution in [2.75, 3.05) is 6.54 Å². The third-order valence-electron chi connectivity index (χ3n) is 1.53. The van der Waals surface area contributed by atoms with Gasteiger partial charge in [0.15, 0.2) is 0 Å². The minimum Gasteiger partial charge on any atom is -0.481 e. The Kier molecular flexibility index (Phi) is 5.71. The van der Waals surface area contributed by atoms with Gasteiger partial charge in [0.25, 0.3) is 0 Å². The van der Waals surface area contributed by atoms with Crippen molar-refractivity contribution in [2.24, 2.45) is 5.73 Å². The Balaban J connectivity index is 3.52. The van der Waals surface area contributed by atoms with Crippen LogP contribution in [-0.4, -0.2) is 29.2 Å². The molecule has 5 heteroatoms. The molecule has 0 bridgehead atoms. The molecule has 0 unspecified atom stereocenters. The summed E-state index contributed by atoms with van der Waals surface area (Å²) < 4.78 is 0. The molecule has 0 saturated carbocycles. The number of carbonyl (C=O) groups excluding carboxylic acids is 2. The summed E-state index contributed by atoms with van der Waals surface area (Å²) in [6.07, 6.45) is 0.0428. The number of aliphatic carboxylic acids is 1. The first-order chi connectivity index (χ1) is 6.06. The van der Waals surface area contributed by atoms with Crippen molar-refractivity contribution in [1.82, 2.24) is 0 Å². The van der Waals surface area contributed by atoms with Gasteiger partial charge in [-0.2, -0.15) is 0 Å². The molecule has 0 aromatic carbocycles. The van der Waals surface area contributed by atoms with E-state index in [1.54, 1.807) is 0 Å². The van der Waals surface area contributed by atoms with Gasteiger partial charge in [-0.3, -0.25) is 14.4 Å². The van der Waals surface area contributed by atoms with Crippen LogP contribution in [0.4, 0.5) is 0 Å². The van der Waals surface area contributed by atoms with E-state index in [0.29, 0.717) is 0 Å². The molecule has 0 aliphatic heterocycles. The summed E-state index contributed by atoms with van der Waals surface area (Å²) in [7, 11) is 0. The zero-order valence-electron chi connectivity index (χ0n) is 7.28. The second-order valence-electron chi connectivity index (χ2n) is 2.68. The lowest BCUT2D eigenvalue weighted by atomic mass is 10.1. The van der Waals surface area contributed by atoms with E-state index < -0.39 is 5.97 Å². The van der Waals surface area contributed by atoms with Crippen LogP contribution in [0.25, 0.3) is 0 Å². The molecule has 3 N–H and O–H groups in total. The van der Waals surface area contributed by atoms with Crippen LogP contribution in [0.3, 0.4) is 0 Å². The fourth-order valence-corrected chi connectivity index (χ4v) is 0.752. The van der Waals surface area contributed by atoms with Gasteiger partial charge in [-0.1, -0.05) is 0 Å². The van der Waals surface area contributed by atoms with Gasteiger partial charge in [0.2, 0.25) is 0 Å². The number of carboxylic acid groups (broad SMARTS) is 1. The summed E-state index contributed by atoms with van der Waals surface area (Å²) in [5.41, 5.74) is 5.03. The Bertz CT molecular complexity index is 212. The van der Waals surface area contributed by atoms with Crippen molar-refractivity contribution in [3.8, 4) is 0 Å². The number of rotatable bonds is 7. The molecule has 0 fully saturated rings. The van der Waals surface area contributed by atoms with Crippen LogP contribution < -0.4 is 5.73 Å². The molecule has 0 atom stereocenters. The van der Waals surface area contributed by atoms with Crippen LogP contribution in [0.2, 0.25) is 0 Å². The topological polar surface area (TPSA) is 97.5 Å². The monoisotopic (exact) mass is 187 g/mol. The highest BCUT2D eigenvalue weighted by Crippen LogP contribution is 1.99. The number of Topliss-reactive ketones (excluding diaryl/α,β-unsaturated/α-hetero) is 2. The molecule has 0 radical (unpaired) electrons. The molecule has 0 spiro atoms. The predicted molar refractivity (Wildman–Crippen MR) is 45.2 cm³/mol. The lowest BCUT2D eigenvalue weighted by molar-refractivity contribution is -0.138. The van der Waals surface area contributed by atoms with E-state index in [1.165, 1.54) is 0 Å². The normalized spacial score (nSPS) is 9.62. The van der Waals surface area contributed by atoms with Crippen LogP contribution in [-0.2, 0) is 14.4 Å². The first-order valence-electron chi connectivity index (χ1n) is 4.01. The van der Waals surface area contributed by atoms with E-state index in [4.69, 9.17) is 10.8 Å². The van der Waals surface area contributed by atoms with Crippen molar-refractivity contribution in [3.05, 3.63) is 0 Å².